The van der Waals surface area contributed by atoms with Gasteiger partial charge in [0, 0.05) is 5.69 Å². The Bertz CT molecular complexity index is 912. The standard InChI is InChI=1S/C17H13ClF3N3O2/c1-25-14-5-3-2-4-11(14)16-24-23-15(26-16)9-22-10-6-7-13(18)12(8-10)17(19,20)21/h2-8,22H,9H2,1H3. The number of nitrogens with one attached hydrogen (secondary N) is 1. The highest BCUT2D eigenvalue weighted by atomic mass is 35.5. The van der Waals surface area contributed by atoms with Gasteiger partial charge < -0.3 is 14.5 Å². The lowest BCUT2D eigenvalue weighted by Crippen LogP contribution is -2.07. The molecule has 0 amide bonds. The number of rotatable bonds is 5. The number of alkyl halides is 3. The number of anilines is 1. The molecule has 1 heterocycles. The topological polar surface area (TPSA) is 60.2 Å². The maximum Gasteiger partial charge on any atom is 0.417 e. The van der Waals surface area contributed by atoms with Gasteiger partial charge in [0.1, 0.15) is 5.75 Å². The van der Waals surface area contributed by atoms with Gasteiger partial charge in [0.25, 0.3) is 5.89 Å². The summed E-state index contributed by atoms with van der Waals surface area (Å²) in [5, 5.41) is 10.3. The van der Waals surface area contributed by atoms with Gasteiger partial charge in [-0.1, -0.05) is 23.7 Å². The van der Waals surface area contributed by atoms with E-state index in [0.29, 0.717) is 11.3 Å². The number of para-hydroxylation sites is 1. The number of benzene rings is 2. The molecule has 1 aromatic heterocycles. The van der Waals surface area contributed by atoms with Crippen LogP contribution in [0.25, 0.3) is 11.5 Å². The number of ether oxygens (including phenoxy) is 1. The minimum Gasteiger partial charge on any atom is -0.496 e. The summed E-state index contributed by atoms with van der Waals surface area (Å²) in [5.41, 5.74) is -0.0530. The van der Waals surface area contributed by atoms with Crippen molar-refractivity contribution < 1.29 is 22.3 Å². The third-order valence-corrected chi connectivity index (χ3v) is 3.85. The van der Waals surface area contributed by atoms with Crippen molar-refractivity contribution in [3.05, 3.63) is 58.9 Å². The fourth-order valence-corrected chi connectivity index (χ4v) is 2.51. The molecule has 0 aliphatic carbocycles. The zero-order valence-corrected chi connectivity index (χ0v) is 14.2. The second kappa shape index (κ2) is 7.25. The molecule has 0 aliphatic rings. The lowest BCUT2D eigenvalue weighted by atomic mass is 10.2. The highest BCUT2D eigenvalue weighted by Gasteiger charge is 2.33. The molecule has 3 aromatic rings. The summed E-state index contributed by atoms with van der Waals surface area (Å²) in [7, 11) is 1.52. The maximum absolute atomic E-state index is 12.9. The van der Waals surface area contributed by atoms with Crippen LogP contribution in [0.15, 0.2) is 46.9 Å². The fraction of sp³-hybridized carbons (Fsp3) is 0.176. The predicted octanol–water partition coefficient (Wildman–Crippen LogP) is 5.03. The molecule has 0 atom stereocenters. The molecule has 0 unspecified atom stereocenters. The van der Waals surface area contributed by atoms with Crippen LogP contribution in [0.5, 0.6) is 5.75 Å². The minimum absolute atomic E-state index is 0.0566. The van der Waals surface area contributed by atoms with Gasteiger partial charge in [0.15, 0.2) is 0 Å². The zero-order valence-electron chi connectivity index (χ0n) is 13.5. The first-order chi connectivity index (χ1) is 12.4. The molecule has 136 valence electrons. The number of aromatic nitrogens is 2. The average molecular weight is 384 g/mol. The van der Waals surface area contributed by atoms with Crippen molar-refractivity contribution in [2.24, 2.45) is 0 Å². The van der Waals surface area contributed by atoms with Crippen molar-refractivity contribution in [2.75, 3.05) is 12.4 Å². The average Bonchev–Trinajstić information content (AvgIpc) is 3.09. The van der Waals surface area contributed by atoms with E-state index in [1.54, 1.807) is 24.3 Å². The lowest BCUT2D eigenvalue weighted by molar-refractivity contribution is -0.137. The first-order valence-corrected chi connectivity index (χ1v) is 7.82. The summed E-state index contributed by atoms with van der Waals surface area (Å²) in [6.45, 7) is 0.0566. The van der Waals surface area contributed by atoms with E-state index < -0.39 is 11.7 Å². The van der Waals surface area contributed by atoms with Crippen LogP contribution in [0.3, 0.4) is 0 Å². The summed E-state index contributed by atoms with van der Waals surface area (Å²) in [5.74, 6) is 1.05. The van der Waals surface area contributed by atoms with Gasteiger partial charge in [-0.3, -0.25) is 0 Å². The molecular formula is C17H13ClF3N3O2. The highest BCUT2D eigenvalue weighted by molar-refractivity contribution is 6.31. The fourth-order valence-electron chi connectivity index (χ4n) is 2.29. The van der Waals surface area contributed by atoms with Crippen LogP contribution < -0.4 is 10.1 Å². The van der Waals surface area contributed by atoms with E-state index in [4.69, 9.17) is 20.8 Å². The van der Waals surface area contributed by atoms with Crippen molar-refractivity contribution in [1.82, 2.24) is 10.2 Å². The number of halogens is 4. The van der Waals surface area contributed by atoms with Crippen LogP contribution >= 0.6 is 11.6 Å². The summed E-state index contributed by atoms with van der Waals surface area (Å²) >= 11 is 5.60. The van der Waals surface area contributed by atoms with Gasteiger partial charge in [-0.15, -0.1) is 10.2 Å². The molecule has 5 nitrogen and oxygen atoms in total. The van der Waals surface area contributed by atoms with Gasteiger partial charge in [0.2, 0.25) is 5.89 Å². The van der Waals surface area contributed by atoms with Crippen LogP contribution in [0.2, 0.25) is 5.02 Å². The van der Waals surface area contributed by atoms with Crippen molar-refractivity contribution in [3.8, 4) is 17.2 Å². The van der Waals surface area contributed by atoms with Crippen molar-refractivity contribution >= 4 is 17.3 Å². The molecule has 26 heavy (non-hydrogen) atoms. The number of methoxy groups -OCH3 is 1. The molecule has 0 saturated heterocycles. The molecular weight excluding hydrogens is 371 g/mol. The summed E-state index contributed by atoms with van der Waals surface area (Å²) in [4.78, 5) is 0. The first kappa shape index (κ1) is 18.1. The molecule has 9 heteroatoms. The first-order valence-electron chi connectivity index (χ1n) is 7.45. The van der Waals surface area contributed by atoms with Gasteiger partial charge in [-0.2, -0.15) is 13.2 Å². The van der Waals surface area contributed by atoms with E-state index >= 15 is 0 Å². The Morgan fingerprint density at radius 2 is 1.92 bits per heavy atom. The van der Waals surface area contributed by atoms with Gasteiger partial charge in [-0.25, -0.2) is 0 Å². The van der Waals surface area contributed by atoms with E-state index in [9.17, 15) is 13.2 Å². The third-order valence-electron chi connectivity index (χ3n) is 3.52. The highest BCUT2D eigenvalue weighted by Crippen LogP contribution is 2.36. The SMILES string of the molecule is COc1ccccc1-c1nnc(CNc2ccc(Cl)c(C(F)(F)F)c2)o1. The minimum atomic E-state index is -4.53. The predicted molar refractivity (Wildman–Crippen MR) is 90.1 cm³/mol. The van der Waals surface area contributed by atoms with Gasteiger partial charge >= 0.3 is 6.18 Å². The third kappa shape index (κ3) is 3.91. The monoisotopic (exact) mass is 383 g/mol. The molecule has 0 aliphatic heterocycles. The van der Waals surface area contributed by atoms with E-state index in [1.165, 1.54) is 19.2 Å². The number of hydrogen-bond acceptors (Lipinski definition) is 5. The Hall–Kier alpha value is -2.74. The van der Waals surface area contributed by atoms with Crippen LogP contribution in [-0.4, -0.2) is 17.3 Å². The van der Waals surface area contributed by atoms with Crippen LogP contribution in [0.4, 0.5) is 18.9 Å². The Balaban J connectivity index is 1.75. The molecule has 0 fully saturated rings. The summed E-state index contributed by atoms with van der Waals surface area (Å²) in [6.07, 6.45) is -4.53. The Kier molecular flexibility index (Phi) is 5.03. The molecule has 0 saturated carbocycles. The second-order valence-corrected chi connectivity index (χ2v) is 5.65. The molecule has 2 aromatic carbocycles. The normalized spacial score (nSPS) is 11.4. The second-order valence-electron chi connectivity index (χ2n) is 5.25. The quantitative estimate of drug-likeness (QED) is 0.669. The van der Waals surface area contributed by atoms with E-state index in [2.05, 4.69) is 15.5 Å². The van der Waals surface area contributed by atoms with Crippen molar-refractivity contribution in [2.45, 2.75) is 12.7 Å². The maximum atomic E-state index is 12.9. The van der Waals surface area contributed by atoms with Crippen LogP contribution in [-0.2, 0) is 12.7 Å². The Labute approximate surface area is 151 Å². The zero-order chi connectivity index (χ0) is 18.7. The number of hydrogen-bond donors (Lipinski definition) is 1. The van der Waals surface area contributed by atoms with Crippen molar-refractivity contribution in [1.29, 1.82) is 0 Å². The van der Waals surface area contributed by atoms with Crippen LogP contribution in [0.1, 0.15) is 11.5 Å². The van der Waals surface area contributed by atoms with Gasteiger partial charge in [0.05, 0.1) is 29.8 Å². The smallest absolute Gasteiger partial charge is 0.417 e. The molecule has 3 rings (SSSR count). The van der Waals surface area contributed by atoms with E-state index in [0.717, 1.165) is 6.07 Å². The van der Waals surface area contributed by atoms with Crippen molar-refractivity contribution in [3.63, 3.8) is 0 Å². The van der Waals surface area contributed by atoms with E-state index in [1.807, 2.05) is 0 Å². The number of nitrogens with zero attached hydrogens (tertiary/aromatic N) is 2. The largest absolute Gasteiger partial charge is 0.496 e. The Morgan fingerprint density at radius 1 is 1.15 bits per heavy atom. The van der Waals surface area contributed by atoms with Crippen LogP contribution in [0, 0.1) is 0 Å². The molecule has 0 radical (unpaired) electrons. The molecule has 0 spiro atoms. The summed E-state index contributed by atoms with van der Waals surface area (Å²) in [6, 6.07) is 10.7. The molecule has 0 bridgehead atoms. The summed E-state index contributed by atoms with van der Waals surface area (Å²) < 4.78 is 49.4. The Morgan fingerprint density at radius 3 is 2.65 bits per heavy atom. The van der Waals surface area contributed by atoms with E-state index in [-0.39, 0.29) is 29.0 Å². The molecule has 1 N–H and O–H groups in total. The van der Waals surface area contributed by atoms with Gasteiger partial charge in [-0.05, 0) is 30.3 Å². The lowest BCUT2D eigenvalue weighted by Gasteiger charge is -2.11.